The largest absolute Gasteiger partial charge is 0.497 e. The Kier molecular flexibility index (Phi) is 7.41. The highest BCUT2D eigenvalue weighted by atomic mass is 35.5. The first-order chi connectivity index (χ1) is 14.4. The van der Waals surface area contributed by atoms with Crippen LogP contribution >= 0.6 is 11.6 Å². The number of amides is 2. The van der Waals surface area contributed by atoms with Crippen LogP contribution in [0, 0.1) is 5.92 Å². The minimum absolute atomic E-state index is 0.132. The van der Waals surface area contributed by atoms with Crippen molar-refractivity contribution in [1.82, 2.24) is 9.47 Å². The van der Waals surface area contributed by atoms with Gasteiger partial charge < -0.3 is 19.5 Å². The normalized spacial score (nSPS) is 10.8. The molecule has 158 valence electrons. The van der Waals surface area contributed by atoms with E-state index in [0.29, 0.717) is 37.0 Å². The van der Waals surface area contributed by atoms with Crippen molar-refractivity contribution in [3.63, 3.8) is 0 Å². The summed E-state index contributed by atoms with van der Waals surface area (Å²) >= 11 is 6.13. The second-order valence-corrected chi connectivity index (χ2v) is 8.13. The third kappa shape index (κ3) is 6.04. The van der Waals surface area contributed by atoms with Crippen molar-refractivity contribution < 1.29 is 9.53 Å². The molecule has 0 radical (unpaired) electrons. The van der Waals surface area contributed by atoms with Crippen LogP contribution in [0.15, 0.2) is 66.9 Å². The summed E-state index contributed by atoms with van der Waals surface area (Å²) in [4.78, 5) is 14.9. The number of nitrogens with one attached hydrogen (secondary N) is 1. The van der Waals surface area contributed by atoms with E-state index in [0.717, 1.165) is 16.3 Å². The van der Waals surface area contributed by atoms with Gasteiger partial charge in [-0.25, -0.2) is 4.79 Å². The number of benzene rings is 2. The first-order valence-electron chi connectivity index (χ1n) is 10.0. The lowest BCUT2D eigenvalue weighted by molar-refractivity contribution is 0.200. The quantitative estimate of drug-likeness (QED) is 0.489. The number of hydrogen-bond donors (Lipinski definition) is 1. The summed E-state index contributed by atoms with van der Waals surface area (Å²) in [5.41, 5.74) is 2.90. The van der Waals surface area contributed by atoms with Gasteiger partial charge in [-0.1, -0.05) is 43.6 Å². The lowest BCUT2D eigenvalue weighted by Gasteiger charge is -2.26. The molecular weight excluding hydrogens is 398 g/mol. The van der Waals surface area contributed by atoms with Crippen molar-refractivity contribution in [3.05, 3.63) is 83.1 Å². The molecule has 1 N–H and O–H groups in total. The van der Waals surface area contributed by atoms with Gasteiger partial charge in [0, 0.05) is 41.8 Å². The first-order valence-corrected chi connectivity index (χ1v) is 10.4. The lowest BCUT2D eigenvalue weighted by Crippen LogP contribution is -2.37. The standard InChI is InChI=1S/C24H28ClN3O2/c1-18(2)15-28(24(29)26-21-9-5-11-23(14-21)30-3)17-22-10-6-12-27(22)16-19-7-4-8-20(25)13-19/h4-14,18H,15-17H2,1-3H3,(H,26,29). The average molecular weight is 426 g/mol. The van der Waals surface area contributed by atoms with Gasteiger partial charge in [0.05, 0.1) is 13.7 Å². The van der Waals surface area contributed by atoms with Gasteiger partial charge in [-0.2, -0.15) is 0 Å². The number of rotatable bonds is 8. The Morgan fingerprint density at radius 2 is 1.93 bits per heavy atom. The zero-order valence-electron chi connectivity index (χ0n) is 17.6. The number of hydrogen-bond acceptors (Lipinski definition) is 2. The Labute approximate surface area is 183 Å². The monoisotopic (exact) mass is 425 g/mol. The van der Waals surface area contributed by atoms with E-state index in [1.807, 2.05) is 59.6 Å². The average Bonchev–Trinajstić information content (AvgIpc) is 3.14. The first kappa shape index (κ1) is 21.8. The fraction of sp³-hybridized carbons (Fsp3) is 0.292. The molecule has 3 aromatic rings. The lowest BCUT2D eigenvalue weighted by atomic mass is 10.2. The van der Waals surface area contributed by atoms with E-state index in [9.17, 15) is 4.79 Å². The molecule has 0 atom stereocenters. The highest BCUT2D eigenvalue weighted by molar-refractivity contribution is 6.30. The minimum Gasteiger partial charge on any atom is -0.497 e. The van der Waals surface area contributed by atoms with Crippen LogP contribution in [0.2, 0.25) is 5.02 Å². The second-order valence-electron chi connectivity index (χ2n) is 7.69. The number of carbonyl (C=O) groups excluding carboxylic acids is 1. The van der Waals surface area contributed by atoms with Crippen molar-refractivity contribution in [3.8, 4) is 5.75 Å². The Morgan fingerprint density at radius 1 is 1.13 bits per heavy atom. The van der Waals surface area contributed by atoms with E-state index in [-0.39, 0.29) is 6.03 Å². The SMILES string of the molecule is COc1cccc(NC(=O)N(Cc2cccn2Cc2cccc(Cl)c2)CC(C)C)c1. The number of ether oxygens (including phenoxy) is 1. The van der Waals surface area contributed by atoms with E-state index in [2.05, 4.69) is 35.9 Å². The zero-order valence-corrected chi connectivity index (χ0v) is 18.4. The molecule has 0 spiro atoms. The predicted octanol–water partition coefficient (Wildman–Crippen LogP) is 5.89. The van der Waals surface area contributed by atoms with Crippen LogP contribution < -0.4 is 10.1 Å². The molecule has 1 heterocycles. The van der Waals surface area contributed by atoms with Crippen LogP contribution in [-0.2, 0) is 13.1 Å². The van der Waals surface area contributed by atoms with E-state index >= 15 is 0 Å². The van der Waals surface area contributed by atoms with E-state index in [1.165, 1.54) is 0 Å². The van der Waals surface area contributed by atoms with Crippen molar-refractivity contribution in [2.45, 2.75) is 26.9 Å². The molecule has 0 aliphatic carbocycles. The van der Waals surface area contributed by atoms with Crippen LogP contribution in [-0.4, -0.2) is 29.2 Å². The van der Waals surface area contributed by atoms with Gasteiger partial charge in [0.1, 0.15) is 5.75 Å². The molecule has 0 bridgehead atoms. The molecule has 6 heteroatoms. The van der Waals surface area contributed by atoms with Gasteiger partial charge in [0.15, 0.2) is 0 Å². The third-order valence-electron chi connectivity index (χ3n) is 4.71. The van der Waals surface area contributed by atoms with Gasteiger partial charge in [-0.05, 0) is 47.9 Å². The van der Waals surface area contributed by atoms with Gasteiger partial charge in [0.2, 0.25) is 0 Å². The molecule has 3 rings (SSSR count). The van der Waals surface area contributed by atoms with Crippen molar-refractivity contribution in [2.24, 2.45) is 5.92 Å². The minimum atomic E-state index is -0.132. The Balaban J connectivity index is 1.75. The maximum Gasteiger partial charge on any atom is 0.322 e. The van der Waals surface area contributed by atoms with E-state index < -0.39 is 0 Å². The van der Waals surface area contributed by atoms with Gasteiger partial charge in [0.25, 0.3) is 0 Å². The topological polar surface area (TPSA) is 46.5 Å². The summed E-state index contributed by atoms with van der Waals surface area (Å²) in [5.74, 6) is 1.05. The maximum atomic E-state index is 13.0. The van der Waals surface area contributed by atoms with Crippen molar-refractivity contribution in [1.29, 1.82) is 0 Å². The zero-order chi connectivity index (χ0) is 21.5. The third-order valence-corrected chi connectivity index (χ3v) is 4.95. The molecule has 0 saturated heterocycles. The molecule has 0 fully saturated rings. The molecule has 30 heavy (non-hydrogen) atoms. The summed E-state index contributed by atoms with van der Waals surface area (Å²) in [5, 5.41) is 3.71. The summed E-state index contributed by atoms with van der Waals surface area (Å²) in [6.07, 6.45) is 2.03. The fourth-order valence-electron chi connectivity index (χ4n) is 3.34. The number of halogens is 1. The maximum absolute atomic E-state index is 13.0. The molecule has 2 aromatic carbocycles. The van der Waals surface area contributed by atoms with Crippen LogP contribution in [0.5, 0.6) is 5.75 Å². The highest BCUT2D eigenvalue weighted by Crippen LogP contribution is 2.19. The molecule has 0 unspecified atom stereocenters. The smallest absolute Gasteiger partial charge is 0.322 e. The van der Waals surface area contributed by atoms with Crippen molar-refractivity contribution in [2.75, 3.05) is 19.0 Å². The molecule has 1 aromatic heterocycles. The molecule has 5 nitrogen and oxygen atoms in total. The molecular formula is C24H28ClN3O2. The van der Waals surface area contributed by atoms with Crippen LogP contribution in [0.3, 0.4) is 0 Å². The predicted molar refractivity (Wildman–Crippen MR) is 122 cm³/mol. The number of carbonyl (C=O) groups is 1. The summed E-state index contributed by atoms with van der Waals surface area (Å²) in [6, 6.07) is 19.1. The highest BCUT2D eigenvalue weighted by Gasteiger charge is 2.17. The van der Waals surface area contributed by atoms with Gasteiger partial charge in [-0.15, -0.1) is 0 Å². The van der Waals surface area contributed by atoms with Crippen LogP contribution in [0.1, 0.15) is 25.1 Å². The number of methoxy groups -OCH3 is 1. The Morgan fingerprint density at radius 3 is 2.67 bits per heavy atom. The van der Waals surface area contributed by atoms with E-state index in [4.69, 9.17) is 16.3 Å². The fourth-order valence-corrected chi connectivity index (χ4v) is 3.55. The summed E-state index contributed by atoms with van der Waals surface area (Å²) in [7, 11) is 1.61. The number of anilines is 1. The van der Waals surface area contributed by atoms with Gasteiger partial charge >= 0.3 is 6.03 Å². The Bertz CT molecular complexity index is 984. The van der Waals surface area contributed by atoms with Crippen molar-refractivity contribution >= 4 is 23.3 Å². The van der Waals surface area contributed by atoms with Crippen LogP contribution in [0.25, 0.3) is 0 Å². The Hall–Kier alpha value is -2.92. The number of nitrogens with zero attached hydrogens (tertiary/aromatic N) is 2. The van der Waals surface area contributed by atoms with E-state index in [1.54, 1.807) is 7.11 Å². The summed E-state index contributed by atoms with van der Waals surface area (Å²) < 4.78 is 7.40. The molecule has 0 saturated carbocycles. The molecule has 2 amide bonds. The number of urea groups is 1. The molecule has 0 aliphatic rings. The van der Waals surface area contributed by atoms with Crippen LogP contribution in [0.4, 0.5) is 10.5 Å². The number of aromatic nitrogens is 1. The molecule has 0 aliphatic heterocycles. The summed E-state index contributed by atoms with van der Waals surface area (Å²) in [6.45, 7) is 6.09. The second kappa shape index (κ2) is 10.2. The van der Waals surface area contributed by atoms with Gasteiger partial charge in [-0.3, -0.25) is 0 Å².